The molecule has 1 N–H and O–H groups in total. The molecule has 0 aliphatic rings. The van der Waals surface area contributed by atoms with E-state index in [4.69, 9.17) is 16.3 Å². The highest BCUT2D eigenvalue weighted by molar-refractivity contribution is 6.32. The highest BCUT2D eigenvalue weighted by Gasteiger charge is 2.06. The average Bonchev–Trinajstić information content (AvgIpc) is 2.61. The second-order valence-electron chi connectivity index (χ2n) is 5.81. The standard InChI is InChI=1S/C21H19ClFNO/c1-15-6-2-5-9-20(15)24-13-16-10-11-21(18(22)12-16)25-14-17-7-3-4-8-19(17)23/h2-12,24H,13-14H2,1H3. The molecule has 0 saturated carbocycles. The first-order valence-corrected chi connectivity index (χ1v) is 8.45. The van der Waals surface area contributed by atoms with Crippen LogP contribution in [0.5, 0.6) is 5.75 Å². The Hall–Kier alpha value is -2.52. The van der Waals surface area contributed by atoms with E-state index < -0.39 is 0 Å². The Morgan fingerprint density at radius 3 is 2.52 bits per heavy atom. The Bertz CT molecular complexity index is 866. The van der Waals surface area contributed by atoms with Gasteiger partial charge in [0.2, 0.25) is 0 Å². The zero-order valence-corrected chi connectivity index (χ0v) is 14.7. The fourth-order valence-electron chi connectivity index (χ4n) is 2.51. The number of nitrogens with one attached hydrogen (secondary N) is 1. The summed E-state index contributed by atoms with van der Waals surface area (Å²) in [5, 5.41) is 3.91. The van der Waals surface area contributed by atoms with Crippen molar-refractivity contribution in [1.82, 2.24) is 0 Å². The van der Waals surface area contributed by atoms with Crippen LogP contribution in [0.4, 0.5) is 10.1 Å². The van der Waals surface area contributed by atoms with Crippen molar-refractivity contribution in [3.8, 4) is 5.75 Å². The number of hydrogen-bond acceptors (Lipinski definition) is 2. The topological polar surface area (TPSA) is 21.3 Å². The third-order valence-electron chi connectivity index (χ3n) is 3.97. The number of hydrogen-bond donors (Lipinski definition) is 1. The van der Waals surface area contributed by atoms with E-state index >= 15 is 0 Å². The second-order valence-corrected chi connectivity index (χ2v) is 6.22. The highest BCUT2D eigenvalue weighted by Crippen LogP contribution is 2.27. The minimum absolute atomic E-state index is 0.146. The smallest absolute Gasteiger partial charge is 0.138 e. The minimum Gasteiger partial charge on any atom is -0.487 e. The molecule has 0 heterocycles. The van der Waals surface area contributed by atoms with Crippen molar-refractivity contribution in [3.05, 3.63) is 94.3 Å². The molecule has 0 saturated heterocycles. The fraction of sp³-hybridized carbons (Fsp3) is 0.143. The Morgan fingerprint density at radius 2 is 1.76 bits per heavy atom. The summed E-state index contributed by atoms with van der Waals surface area (Å²) in [4.78, 5) is 0. The van der Waals surface area contributed by atoms with Crippen molar-refractivity contribution >= 4 is 17.3 Å². The number of para-hydroxylation sites is 1. The third-order valence-corrected chi connectivity index (χ3v) is 4.26. The molecule has 0 aromatic heterocycles. The lowest BCUT2D eigenvalue weighted by Crippen LogP contribution is -2.02. The maximum Gasteiger partial charge on any atom is 0.138 e. The monoisotopic (exact) mass is 355 g/mol. The Balaban J connectivity index is 1.63. The molecule has 3 rings (SSSR count). The molecule has 4 heteroatoms. The molecule has 0 fully saturated rings. The summed E-state index contributed by atoms with van der Waals surface area (Å²) >= 11 is 6.30. The lowest BCUT2D eigenvalue weighted by molar-refractivity contribution is 0.300. The molecule has 128 valence electrons. The van der Waals surface area contributed by atoms with Crippen molar-refractivity contribution in [1.29, 1.82) is 0 Å². The molecule has 25 heavy (non-hydrogen) atoms. The molecule has 0 aliphatic carbocycles. The minimum atomic E-state index is -0.280. The lowest BCUT2D eigenvalue weighted by atomic mass is 10.1. The Labute approximate surface area is 152 Å². The molecule has 3 aromatic rings. The quantitative estimate of drug-likeness (QED) is 0.587. The Morgan fingerprint density at radius 1 is 1.00 bits per heavy atom. The van der Waals surface area contributed by atoms with Crippen molar-refractivity contribution < 1.29 is 9.13 Å². The number of ether oxygens (including phenoxy) is 1. The van der Waals surface area contributed by atoms with Crippen LogP contribution in [-0.2, 0) is 13.2 Å². The van der Waals surface area contributed by atoms with Crippen LogP contribution in [0.2, 0.25) is 5.02 Å². The van der Waals surface area contributed by atoms with Gasteiger partial charge in [0.25, 0.3) is 0 Å². The maximum atomic E-state index is 13.6. The van der Waals surface area contributed by atoms with Gasteiger partial charge in [-0.25, -0.2) is 4.39 Å². The number of rotatable bonds is 6. The molecule has 0 amide bonds. The van der Waals surface area contributed by atoms with Crippen molar-refractivity contribution in [2.45, 2.75) is 20.1 Å². The van der Waals surface area contributed by atoms with Crippen LogP contribution in [-0.4, -0.2) is 0 Å². The normalized spacial score (nSPS) is 10.5. The SMILES string of the molecule is Cc1ccccc1NCc1ccc(OCc2ccccc2F)c(Cl)c1. The lowest BCUT2D eigenvalue weighted by Gasteiger charge is -2.12. The molecule has 0 spiro atoms. The van der Waals surface area contributed by atoms with Gasteiger partial charge < -0.3 is 10.1 Å². The van der Waals surface area contributed by atoms with Gasteiger partial charge >= 0.3 is 0 Å². The summed E-state index contributed by atoms with van der Waals surface area (Å²) < 4.78 is 19.3. The van der Waals surface area contributed by atoms with Crippen LogP contribution in [0.25, 0.3) is 0 Å². The number of aryl methyl sites for hydroxylation is 1. The van der Waals surface area contributed by atoms with E-state index in [1.165, 1.54) is 11.6 Å². The van der Waals surface area contributed by atoms with Gasteiger partial charge in [0.15, 0.2) is 0 Å². The van der Waals surface area contributed by atoms with E-state index in [2.05, 4.69) is 18.3 Å². The van der Waals surface area contributed by atoms with Crippen LogP contribution >= 0.6 is 11.6 Å². The van der Waals surface area contributed by atoms with Gasteiger partial charge in [-0.05, 0) is 42.3 Å². The predicted molar refractivity (Wildman–Crippen MR) is 101 cm³/mol. The molecule has 3 aromatic carbocycles. The van der Waals surface area contributed by atoms with E-state index in [-0.39, 0.29) is 12.4 Å². The van der Waals surface area contributed by atoms with Crippen molar-refractivity contribution in [2.75, 3.05) is 5.32 Å². The van der Waals surface area contributed by atoms with Crippen LogP contribution in [0.15, 0.2) is 66.7 Å². The van der Waals surface area contributed by atoms with Gasteiger partial charge in [0, 0.05) is 17.8 Å². The summed E-state index contributed by atoms with van der Waals surface area (Å²) in [6, 6.07) is 20.3. The largest absolute Gasteiger partial charge is 0.487 e. The second kappa shape index (κ2) is 8.04. The van der Waals surface area contributed by atoms with Crippen LogP contribution in [0, 0.1) is 12.7 Å². The molecular weight excluding hydrogens is 337 g/mol. The summed E-state index contributed by atoms with van der Waals surface area (Å²) in [5.41, 5.74) is 3.84. The average molecular weight is 356 g/mol. The summed E-state index contributed by atoms with van der Waals surface area (Å²) in [7, 11) is 0. The first-order valence-electron chi connectivity index (χ1n) is 8.07. The fourth-order valence-corrected chi connectivity index (χ4v) is 2.77. The first kappa shape index (κ1) is 17.3. The van der Waals surface area contributed by atoms with E-state index in [0.717, 1.165) is 11.3 Å². The maximum absolute atomic E-state index is 13.6. The van der Waals surface area contributed by atoms with Gasteiger partial charge in [-0.3, -0.25) is 0 Å². The molecule has 0 unspecified atom stereocenters. The summed E-state index contributed by atoms with van der Waals surface area (Å²) in [5.74, 6) is 0.266. The first-order chi connectivity index (χ1) is 12.1. The van der Waals surface area contributed by atoms with E-state index in [9.17, 15) is 4.39 Å². The van der Waals surface area contributed by atoms with E-state index in [1.807, 2.05) is 36.4 Å². The van der Waals surface area contributed by atoms with Crippen LogP contribution in [0.3, 0.4) is 0 Å². The van der Waals surface area contributed by atoms with Gasteiger partial charge in [0.1, 0.15) is 18.2 Å². The van der Waals surface area contributed by atoms with Crippen LogP contribution < -0.4 is 10.1 Å². The van der Waals surface area contributed by atoms with Gasteiger partial charge in [0.05, 0.1) is 5.02 Å². The zero-order chi connectivity index (χ0) is 17.6. The molecular formula is C21H19ClFNO. The third kappa shape index (κ3) is 4.52. The Kier molecular flexibility index (Phi) is 5.56. The van der Waals surface area contributed by atoms with E-state index in [0.29, 0.717) is 22.9 Å². The molecule has 0 aliphatic heterocycles. The van der Waals surface area contributed by atoms with Crippen LogP contribution in [0.1, 0.15) is 16.7 Å². The number of anilines is 1. The number of benzene rings is 3. The molecule has 0 radical (unpaired) electrons. The van der Waals surface area contributed by atoms with Gasteiger partial charge in [-0.2, -0.15) is 0 Å². The number of halogens is 2. The summed E-state index contributed by atoms with van der Waals surface area (Å²) in [6.45, 7) is 2.88. The highest BCUT2D eigenvalue weighted by atomic mass is 35.5. The molecule has 0 bridgehead atoms. The zero-order valence-electron chi connectivity index (χ0n) is 13.9. The molecule has 2 nitrogen and oxygen atoms in total. The van der Waals surface area contributed by atoms with Gasteiger partial charge in [-0.1, -0.05) is 54.1 Å². The molecule has 0 atom stereocenters. The summed E-state index contributed by atoms with van der Waals surface area (Å²) in [6.07, 6.45) is 0. The van der Waals surface area contributed by atoms with Crippen molar-refractivity contribution in [2.24, 2.45) is 0 Å². The van der Waals surface area contributed by atoms with Gasteiger partial charge in [-0.15, -0.1) is 0 Å². The van der Waals surface area contributed by atoms with E-state index in [1.54, 1.807) is 18.2 Å². The predicted octanol–water partition coefficient (Wildman–Crippen LogP) is 5.98. The van der Waals surface area contributed by atoms with Crippen molar-refractivity contribution in [3.63, 3.8) is 0 Å².